The number of halogens is 13. The minimum Gasteiger partial charge on any atom is -0.328 e. The number of rotatable bonds is 4. The predicted octanol–water partition coefficient (Wildman–Crippen LogP) is 9.82. The van der Waals surface area contributed by atoms with Crippen LogP contribution >= 0.6 is 207 Å². The second-order valence-electron chi connectivity index (χ2n) is 3.13. The van der Waals surface area contributed by atoms with Crippen LogP contribution in [0.3, 0.4) is 0 Å². The van der Waals surface area contributed by atoms with Crippen LogP contribution in [0.2, 0.25) is 0 Å². The van der Waals surface area contributed by atoms with Crippen molar-refractivity contribution in [2.24, 2.45) is 0 Å². The molecule has 122 valence electrons. The first-order chi connectivity index (χ1) is 8.40. The Morgan fingerprint density at radius 1 is 0.600 bits per heavy atom. The maximum atomic E-state index is 6.17. The molecule has 0 saturated heterocycles. The first-order valence-electron chi connectivity index (χ1n) is 3.96. The Balaban J connectivity index is 5.67. The summed E-state index contributed by atoms with van der Waals surface area (Å²) < 4.78 is 1.48. The molecule has 0 aromatic rings. The van der Waals surface area contributed by atoms with E-state index in [1.807, 2.05) is 0 Å². The summed E-state index contributed by atoms with van der Waals surface area (Å²) in [4.78, 5) is 0. The molecule has 0 N–H and O–H groups in total. The summed E-state index contributed by atoms with van der Waals surface area (Å²) in [5.74, 6) is 0. The van der Waals surface area contributed by atoms with Crippen molar-refractivity contribution in [2.45, 2.75) is 19.2 Å². The smallest absolute Gasteiger partial charge is 0.207 e. The van der Waals surface area contributed by atoms with Gasteiger partial charge in [-0.1, -0.05) is 159 Å². The average molecular weight is 1130 g/mol. The van der Waals surface area contributed by atoms with Gasteiger partial charge in [0.15, 0.2) is 12.0 Å². The number of hydrogen-bond acceptors (Lipinski definition) is 1. The molecule has 0 aliphatic rings. The normalized spacial score (nSPS) is 18.3. The Bertz CT molecular complexity index is 340. The maximum Gasteiger partial charge on any atom is 0.207 e. The molecule has 0 rings (SSSR count). The van der Waals surface area contributed by atoms with Gasteiger partial charge in [-0.15, -0.1) is 0 Å². The summed E-state index contributed by atoms with van der Waals surface area (Å²) in [5.41, 5.74) is 0. The van der Waals surface area contributed by atoms with Gasteiger partial charge in [-0.3, -0.25) is 0 Å². The third kappa shape index (κ3) is 6.38. The monoisotopic (exact) mass is 1110 g/mol. The van der Waals surface area contributed by atoms with E-state index in [-0.39, 0.29) is 3.74 Å². The molecule has 0 aliphatic heterocycles. The molecule has 0 aliphatic carbocycles. The van der Waals surface area contributed by atoms with Gasteiger partial charge in [-0.2, -0.15) is 0 Å². The number of hydrogen-bond donors (Lipinski definition) is 0. The van der Waals surface area contributed by atoms with Crippen LogP contribution in [0, 0.1) is 0 Å². The lowest BCUT2D eigenvalue weighted by molar-refractivity contribution is 0.0223. The molecule has 0 bridgehead atoms. The van der Waals surface area contributed by atoms with Crippen molar-refractivity contribution in [3.8, 4) is 0 Å². The van der Waals surface area contributed by atoms with Gasteiger partial charge in [-0.25, -0.2) is 0 Å². The van der Waals surface area contributed by atoms with Gasteiger partial charge in [0, 0.05) is 0 Å². The van der Waals surface area contributed by atoms with E-state index in [1.54, 1.807) is 0 Å². The van der Waals surface area contributed by atoms with E-state index < -0.39 is 15.4 Å². The standard InChI is InChI=1S/C6HBr13O/c7-1(8)2(9,4(12,13)14)20-6(18,19)3(10,11)5(15,16)17/h1H. The average Bonchev–Trinajstić information content (AvgIpc) is 2.12. The van der Waals surface area contributed by atoms with Crippen LogP contribution in [0.15, 0.2) is 0 Å². The summed E-state index contributed by atoms with van der Waals surface area (Å²) in [6, 6.07) is 0. The summed E-state index contributed by atoms with van der Waals surface area (Å²) in [6.45, 7) is 0. The lowest BCUT2D eigenvalue weighted by atomic mass is 10.4. The molecular formula is C6HBr13O. The fourth-order valence-electron chi connectivity index (χ4n) is 0.642. The second-order valence-corrected chi connectivity index (χ2v) is 27.6. The zero-order chi connectivity index (χ0) is 16.8. The Hall–Kier alpha value is 6.20. The van der Waals surface area contributed by atoms with E-state index in [4.69, 9.17) is 4.74 Å². The van der Waals surface area contributed by atoms with E-state index in [0.29, 0.717) is 0 Å². The molecule has 0 fully saturated rings. The van der Waals surface area contributed by atoms with Crippen LogP contribution < -0.4 is 0 Å². The van der Waals surface area contributed by atoms with Gasteiger partial charge in [0.05, 0.1) is 0 Å². The van der Waals surface area contributed by atoms with Crippen molar-refractivity contribution >= 4 is 207 Å². The fourth-order valence-corrected chi connectivity index (χ4v) is 8.67. The lowest BCUT2D eigenvalue weighted by Crippen LogP contribution is -2.55. The quantitative estimate of drug-likeness (QED) is 0.255. The van der Waals surface area contributed by atoms with Gasteiger partial charge in [0.25, 0.3) is 0 Å². The first-order valence-corrected chi connectivity index (χ1v) is 14.5. The van der Waals surface area contributed by atoms with Crippen LogP contribution in [0.25, 0.3) is 0 Å². The summed E-state index contributed by atoms with van der Waals surface area (Å²) in [6.07, 6.45) is 0. The third-order valence-electron chi connectivity index (χ3n) is 1.67. The van der Waals surface area contributed by atoms with Crippen molar-refractivity contribution in [1.82, 2.24) is 0 Å². The van der Waals surface area contributed by atoms with Gasteiger partial charge < -0.3 is 4.74 Å². The molecule has 1 unspecified atom stereocenters. The highest BCUT2D eigenvalue weighted by atomic mass is 80.0. The van der Waals surface area contributed by atoms with Gasteiger partial charge >= 0.3 is 0 Å². The molecule has 0 aromatic carbocycles. The highest BCUT2D eigenvalue weighted by Crippen LogP contribution is 2.66. The molecule has 0 saturated carbocycles. The Kier molecular flexibility index (Phi) is 12.0. The molecule has 0 spiro atoms. The molecule has 1 nitrogen and oxygen atoms in total. The van der Waals surface area contributed by atoms with E-state index in [0.717, 1.165) is 0 Å². The maximum absolute atomic E-state index is 6.17. The van der Waals surface area contributed by atoms with Gasteiger partial charge in [0.2, 0.25) is 3.42 Å². The van der Waals surface area contributed by atoms with Crippen LogP contribution in [-0.2, 0) is 4.74 Å². The molecule has 0 radical (unpaired) electrons. The summed E-state index contributed by atoms with van der Waals surface area (Å²) >= 11 is 45.4. The molecule has 1 atom stereocenters. The topological polar surface area (TPSA) is 9.23 Å². The van der Waals surface area contributed by atoms with E-state index in [1.165, 1.54) is 0 Å². The largest absolute Gasteiger partial charge is 0.328 e. The predicted molar refractivity (Wildman–Crippen MR) is 135 cm³/mol. The molecule has 14 heteroatoms. The SMILES string of the molecule is BrC(Br)C(Br)(OC(Br)(Br)C(Br)(Br)C(Br)(Br)Br)C(Br)(Br)Br. The fraction of sp³-hybridized carbons (Fsp3) is 1.00. The zero-order valence-corrected chi connectivity index (χ0v) is 29.0. The van der Waals surface area contributed by atoms with Crippen molar-refractivity contribution in [3.63, 3.8) is 0 Å². The summed E-state index contributed by atoms with van der Waals surface area (Å²) in [5, 5.41) is 0. The third-order valence-corrected chi connectivity index (χ3v) is 19.7. The Labute approximate surface area is 226 Å². The Morgan fingerprint density at radius 3 is 1.15 bits per heavy atom. The second kappa shape index (κ2) is 9.13. The van der Waals surface area contributed by atoms with Crippen molar-refractivity contribution in [3.05, 3.63) is 0 Å². The van der Waals surface area contributed by atoms with Crippen molar-refractivity contribution in [2.75, 3.05) is 0 Å². The van der Waals surface area contributed by atoms with E-state index in [2.05, 4.69) is 207 Å². The highest BCUT2D eigenvalue weighted by Gasteiger charge is 2.63. The lowest BCUT2D eigenvalue weighted by Gasteiger charge is -2.47. The molecular weight excluding hydrogens is 1130 g/mol. The number of alkyl halides is 13. The minimum absolute atomic E-state index is 0.277. The van der Waals surface area contributed by atoms with Gasteiger partial charge in [0.1, 0.15) is 3.74 Å². The molecule has 0 heterocycles. The highest BCUT2D eigenvalue weighted by molar-refractivity contribution is 9.42. The van der Waals surface area contributed by atoms with Crippen LogP contribution in [0.4, 0.5) is 0 Å². The zero-order valence-electron chi connectivity index (χ0n) is 8.40. The van der Waals surface area contributed by atoms with Crippen LogP contribution in [0.1, 0.15) is 0 Å². The number of ether oxygens (including phenoxy) is 1. The van der Waals surface area contributed by atoms with Gasteiger partial charge in [-0.05, 0) is 47.8 Å². The summed E-state index contributed by atoms with van der Waals surface area (Å²) in [7, 11) is 0. The molecule has 20 heavy (non-hydrogen) atoms. The van der Waals surface area contributed by atoms with Crippen molar-refractivity contribution in [1.29, 1.82) is 0 Å². The van der Waals surface area contributed by atoms with Crippen molar-refractivity contribution < 1.29 is 4.74 Å². The molecule has 0 amide bonds. The van der Waals surface area contributed by atoms with Crippen LogP contribution in [-0.4, -0.2) is 19.2 Å². The molecule has 0 aromatic heterocycles. The van der Waals surface area contributed by atoms with Crippen LogP contribution in [0.5, 0.6) is 0 Å². The first kappa shape index (κ1) is 26.2. The minimum atomic E-state index is -1.08. The Morgan fingerprint density at radius 2 is 0.950 bits per heavy atom. The van der Waals surface area contributed by atoms with E-state index in [9.17, 15) is 0 Å². The van der Waals surface area contributed by atoms with E-state index >= 15 is 0 Å².